The Kier molecular flexibility index (Phi) is 3.42. The van der Waals surface area contributed by atoms with Gasteiger partial charge in [0.05, 0.1) is 16.8 Å². The summed E-state index contributed by atoms with van der Waals surface area (Å²) in [5.41, 5.74) is 1.22. The third-order valence-corrected chi connectivity index (χ3v) is 3.77. The molecule has 7 heteroatoms. The third kappa shape index (κ3) is 2.66. The minimum absolute atomic E-state index is 0.392. The van der Waals surface area contributed by atoms with Crippen molar-refractivity contribution in [2.75, 3.05) is 0 Å². The Labute approximate surface area is 122 Å². The van der Waals surface area contributed by atoms with E-state index in [2.05, 4.69) is 9.97 Å². The van der Waals surface area contributed by atoms with E-state index in [4.69, 9.17) is 21.1 Å². The summed E-state index contributed by atoms with van der Waals surface area (Å²) in [4.78, 5) is 18.8. The van der Waals surface area contributed by atoms with E-state index in [1.807, 2.05) is 6.07 Å². The van der Waals surface area contributed by atoms with E-state index in [-0.39, 0.29) is 0 Å². The second-order valence-electron chi connectivity index (χ2n) is 4.09. The summed E-state index contributed by atoms with van der Waals surface area (Å²) in [6.07, 6.45) is 1.04. The first-order chi connectivity index (χ1) is 9.61. The van der Waals surface area contributed by atoms with E-state index in [1.54, 1.807) is 12.1 Å². The largest absolute Gasteiger partial charge is 0.502 e. The van der Waals surface area contributed by atoms with E-state index in [0.717, 1.165) is 17.3 Å². The van der Waals surface area contributed by atoms with Crippen LogP contribution in [0.2, 0.25) is 5.02 Å². The van der Waals surface area contributed by atoms with Gasteiger partial charge in [0.2, 0.25) is 5.43 Å². The zero-order chi connectivity index (χ0) is 14.1. The van der Waals surface area contributed by atoms with E-state index in [9.17, 15) is 4.79 Å². The number of nitrogens with zero attached hydrogens (tertiary/aromatic N) is 1. The number of nitrogens with one attached hydrogen (secondary N) is 1. The molecule has 20 heavy (non-hydrogen) atoms. The second kappa shape index (κ2) is 5.22. The molecule has 0 saturated carbocycles. The van der Waals surface area contributed by atoms with Crippen molar-refractivity contribution in [2.24, 2.45) is 0 Å². The second-order valence-corrected chi connectivity index (χ2v) is 5.49. The van der Waals surface area contributed by atoms with Gasteiger partial charge in [0.25, 0.3) is 0 Å². The van der Waals surface area contributed by atoms with Crippen molar-refractivity contribution in [1.29, 1.82) is 0 Å². The molecule has 1 aromatic carbocycles. The molecule has 2 N–H and O–H groups in total. The van der Waals surface area contributed by atoms with Crippen LogP contribution in [0.25, 0.3) is 11.0 Å². The Morgan fingerprint density at radius 3 is 3.05 bits per heavy atom. The van der Waals surface area contributed by atoms with Gasteiger partial charge < -0.3 is 14.5 Å². The highest BCUT2D eigenvalue weighted by atomic mass is 35.5. The molecule has 0 saturated heterocycles. The molecule has 0 fully saturated rings. The van der Waals surface area contributed by atoms with Gasteiger partial charge in [-0.2, -0.15) is 0 Å². The zero-order valence-electron chi connectivity index (χ0n) is 10.1. The highest BCUT2D eigenvalue weighted by Crippen LogP contribution is 2.24. The molecule has 0 atom stereocenters. The van der Waals surface area contributed by atoms with Crippen LogP contribution in [0.3, 0.4) is 0 Å². The van der Waals surface area contributed by atoms with E-state index in [1.165, 1.54) is 17.8 Å². The number of aromatic amines is 1. The molecular weight excluding hydrogens is 300 g/mol. The van der Waals surface area contributed by atoms with E-state index >= 15 is 0 Å². The van der Waals surface area contributed by atoms with Gasteiger partial charge in [-0.15, -0.1) is 0 Å². The minimum atomic E-state index is -0.455. The van der Waals surface area contributed by atoms with Crippen LogP contribution in [-0.2, 0) is 5.75 Å². The topological polar surface area (TPSA) is 79.1 Å². The molecule has 0 aliphatic heterocycles. The fourth-order valence-corrected chi connectivity index (χ4v) is 2.63. The molecule has 0 bridgehead atoms. The summed E-state index contributed by atoms with van der Waals surface area (Å²) in [5.74, 6) is 0.511. The lowest BCUT2D eigenvalue weighted by molar-refractivity contribution is 0.419. The highest BCUT2D eigenvalue weighted by Gasteiger charge is 2.07. The van der Waals surface area contributed by atoms with E-state index < -0.39 is 11.2 Å². The number of halogens is 1. The maximum atomic E-state index is 11.3. The Morgan fingerprint density at radius 2 is 2.25 bits per heavy atom. The monoisotopic (exact) mass is 308 g/mol. The van der Waals surface area contributed by atoms with Crippen molar-refractivity contribution in [2.45, 2.75) is 10.9 Å². The maximum absolute atomic E-state index is 11.3. The Bertz CT molecular complexity index is 828. The number of hydrogen-bond acceptors (Lipinski definition) is 5. The molecule has 0 aliphatic carbocycles. The number of hydrogen-bond donors (Lipinski definition) is 2. The Hall–Kier alpha value is -1.92. The molecule has 2 heterocycles. The summed E-state index contributed by atoms with van der Waals surface area (Å²) >= 11 is 7.30. The quantitative estimate of drug-likeness (QED) is 0.727. The van der Waals surface area contributed by atoms with E-state index in [0.29, 0.717) is 21.7 Å². The molecule has 0 unspecified atom stereocenters. The van der Waals surface area contributed by atoms with Gasteiger partial charge in [0, 0.05) is 11.1 Å². The molecule has 2 aromatic heterocycles. The summed E-state index contributed by atoms with van der Waals surface area (Å²) in [7, 11) is 0. The van der Waals surface area contributed by atoms with Crippen molar-refractivity contribution in [1.82, 2.24) is 9.97 Å². The average molecular weight is 309 g/mol. The van der Waals surface area contributed by atoms with Crippen LogP contribution in [0.4, 0.5) is 0 Å². The van der Waals surface area contributed by atoms with Crippen molar-refractivity contribution in [3.63, 3.8) is 0 Å². The first-order valence-corrected chi connectivity index (χ1v) is 7.07. The van der Waals surface area contributed by atoms with Crippen molar-refractivity contribution >= 4 is 34.4 Å². The van der Waals surface area contributed by atoms with Crippen molar-refractivity contribution in [3.05, 3.63) is 51.5 Å². The fourth-order valence-electron chi connectivity index (χ4n) is 1.69. The lowest BCUT2D eigenvalue weighted by atomic mass is 10.3. The van der Waals surface area contributed by atoms with Crippen molar-refractivity contribution < 1.29 is 9.52 Å². The number of aromatic hydroxyl groups is 1. The van der Waals surface area contributed by atoms with Gasteiger partial charge in [-0.25, -0.2) is 4.98 Å². The SMILES string of the molecule is O=c1cc(CSc2nc3ccc(Cl)cc3[nH]2)occ1O. The number of thioether (sulfide) groups is 1. The normalized spacial score (nSPS) is 11.1. The number of rotatable bonds is 3. The predicted molar refractivity (Wildman–Crippen MR) is 77.3 cm³/mol. The lowest BCUT2D eigenvalue weighted by Gasteiger charge is -1.97. The van der Waals surface area contributed by atoms with Crippen LogP contribution in [-0.4, -0.2) is 15.1 Å². The molecule has 0 radical (unpaired) electrons. The molecule has 102 valence electrons. The summed E-state index contributed by atoms with van der Waals surface area (Å²) in [6, 6.07) is 6.67. The highest BCUT2D eigenvalue weighted by molar-refractivity contribution is 7.98. The number of imidazole rings is 1. The molecule has 3 rings (SSSR count). The predicted octanol–water partition coefficient (Wildman–Crippen LogP) is 3.17. The molecule has 5 nitrogen and oxygen atoms in total. The molecule has 0 aliphatic rings. The summed E-state index contributed by atoms with van der Waals surface area (Å²) in [6.45, 7) is 0. The number of H-pyrrole nitrogens is 1. The molecule has 0 spiro atoms. The third-order valence-electron chi connectivity index (χ3n) is 2.64. The summed E-state index contributed by atoms with van der Waals surface area (Å²) in [5, 5.41) is 10.5. The minimum Gasteiger partial charge on any atom is -0.502 e. The lowest BCUT2D eigenvalue weighted by Crippen LogP contribution is -1.99. The van der Waals surface area contributed by atoms with Gasteiger partial charge in [-0.3, -0.25) is 4.79 Å². The fraction of sp³-hybridized carbons (Fsp3) is 0.0769. The van der Waals surface area contributed by atoms with Crippen LogP contribution in [0, 0.1) is 0 Å². The standard InChI is InChI=1S/C13H9ClN2O3S/c14-7-1-2-9-10(3-7)16-13(15-9)20-6-8-4-11(17)12(18)5-19-8/h1-5,18H,6H2,(H,15,16). The van der Waals surface area contributed by atoms with Gasteiger partial charge >= 0.3 is 0 Å². The van der Waals surface area contributed by atoms with Gasteiger partial charge in [-0.05, 0) is 18.2 Å². The zero-order valence-corrected chi connectivity index (χ0v) is 11.7. The van der Waals surface area contributed by atoms with Crippen molar-refractivity contribution in [3.8, 4) is 5.75 Å². The van der Waals surface area contributed by atoms with Crippen LogP contribution in [0.15, 0.2) is 44.9 Å². The molecule has 3 aromatic rings. The first kappa shape index (κ1) is 13.1. The first-order valence-electron chi connectivity index (χ1n) is 5.70. The smallest absolute Gasteiger partial charge is 0.226 e. The average Bonchev–Trinajstić information content (AvgIpc) is 2.82. The van der Waals surface area contributed by atoms with Gasteiger partial charge in [0.1, 0.15) is 12.0 Å². The van der Waals surface area contributed by atoms with Crippen LogP contribution in [0.5, 0.6) is 5.75 Å². The van der Waals surface area contributed by atoms with Crippen LogP contribution >= 0.6 is 23.4 Å². The molecular formula is C13H9ClN2O3S. The molecule has 0 amide bonds. The van der Waals surface area contributed by atoms with Crippen LogP contribution in [0.1, 0.15) is 5.76 Å². The van der Waals surface area contributed by atoms with Gasteiger partial charge in [-0.1, -0.05) is 23.4 Å². The Morgan fingerprint density at radius 1 is 1.40 bits per heavy atom. The Balaban J connectivity index is 1.79. The number of fused-ring (bicyclic) bond motifs is 1. The van der Waals surface area contributed by atoms with Gasteiger partial charge in [0.15, 0.2) is 10.9 Å². The maximum Gasteiger partial charge on any atom is 0.226 e. The number of benzene rings is 1. The number of aromatic nitrogens is 2. The van der Waals surface area contributed by atoms with Crippen LogP contribution < -0.4 is 5.43 Å². The summed E-state index contributed by atoms with van der Waals surface area (Å²) < 4.78 is 5.12.